The number of hydrogen-bond acceptors (Lipinski definition) is 6. The average Bonchev–Trinajstić information content (AvgIpc) is 3.39. The lowest BCUT2D eigenvalue weighted by molar-refractivity contribution is -0.122. The summed E-state index contributed by atoms with van der Waals surface area (Å²) < 4.78 is 7.17. The lowest BCUT2D eigenvalue weighted by Crippen LogP contribution is -2.32. The molecule has 0 saturated carbocycles. The minimum atomic E-state index is -0.664. The Balaban J connectivity index is 1.43. The van der Waals surface area contributed by atoms with Crippen LogP contribution in [0.25, 0.3) is 0 Å². The maximum Gasteiger partial charge on any atom is 0.305 e. The molecule has 0 bridgehead atoms. The largest absolute Gasteiger partial charge is 0.489 e. The van der Waals surface area contributed by atoms with Gasteiger partial charge in [0.1, 0.15) is 17.6 Å². The van der Waals surface area contributed by atoms with Gasteiger partial charge < -0.3 is 9.72 Å². The summed E-state index contributed by atoms with van der Waals surface area (Å²) in [5.74, 6) is -1.06. The summed E-state index contributed by atoms with van der Waals surface area (Å²) >= 11 is 5.78. The summed E-state index contributed by atoms with van der Waals surface area (Å²) in [5.41, 5.74) is 3.52. The van der Waals surface area contributed by atoms with Crippen LogP contribution in [0.5, 0.6) is 5.75 Å². The van der Waals surface area contributed by atoms with Crippen molar-refractivity contribution in [2.75, 3.05) is 4.90 Å². The van der Waals surface area contributed by atoms with Gasteiger partial charge in [-0.05, 0) is 48.4 Å². The number of carbonyl (C=O) groups is 2. The number of para-hydroxylation sites is 1. The van der Waals surface area contributed by atoms with Crippen LogP contribution >= 0.6 is 39.0 Å². The molecule has 1 fully saturated rings. The number of thioether (sulfide) groups is 1. The molecule has 1 saturated heterocycles. The molecular formula is C28H21BrN2O4S2. The quantitative estimate of drug-likeness (QED) is 0.293. The predicted molar refractivity (Wildman–Crippen MR) is 149 cm³/mol. The summed E-state index contributed by atoms with van der Waals surface area (Å²) in [6.07, 6.45) is 0. The second-order valence-electron chi connectivity index (χ2n) is 8.99. The summed E-state index contributed by atoms with van der Waals surface area (Å²) in [5, 5.41) is -0.00270. The van der Waals surface area contributed by atoms with Crippen molar-refractivity contribution in [3.8, 4) is 5.75 Å². The molecule has 9 heteroatoms. The van der Waals surface area contributed by atoms with Crippen molar-refractivity contribution in [1.29, 1.82) is 0 Å². The number of halogens is 1. The van der Waals surface area contributed by atoms with Gasteiger partial charge in [0.2, 0.25) is 11.8 Å². The van der Waals surface area contributed by atoms with E-state index in [4.69, 9.17) is 4.74 Å². The predicted octanol–water partition coefficient (Wildman–Crippen LogP) is 5.88. The number of nitrogens with zero attached hydrogens (tertiary/aromatic N) is 1. The van der Waals surface area contributed by atoms with Crippen LogP contribution < -0.4 is 14.5 Å². The zero-order valence-electron chi connectivity index (χ0n) is 19.6. The number of imide groups is 1. The van der Waals surface area contributed by atoms with Crippen molar-refractivity contribution in [3.05, 3.63) is 109 Å². The second kappa shape index (κ2) is 9.63. The minimum Gasteiger partial charge on any atom is -0.489 e. The molecule has 1 N–H and O–H groups in total. The first kappa shape index (κ1) is 24.2. The highest BCUT2D eigenvalue weighted by atomic mass is 79.9. The Morgan fingerprint density at radius 3 is 2.46 bits per heavy atom. The molecule has 1 aromatic heterocycles. The van der Waals surface area contributed by atoms with E-state index in [-0.39, 0.29) is 16.7 Å². The first-order valence-electron chi connectivity index (χ1n) is 11.7. The number of thiazole rings is 1. The maximum absolute atomic E-state index is 13.9. The molecule has 0 radical (unpaired) electrons. The molecule has 3 atom stereocenters. The first-order valence-corrected chi connectivity index (χ1v) is 14.2. The number of nitrogens with one attached hydrogen (secondary N) is 1. The lowest BCUT2D eigenvalue weighted by atomic mass is 9.82. The molecule has 3 unspecified atom stereocenters. The van der Waals surface area contributed by atoms with Crippen LogP contribution in [0.1, 0.15) is 27.5 Å². The third-order valence-corrected chi connectivity index (χ3v) is 9.74. The van der Waals surface area contributed by atoms with Gasteiger partial charge in [-0.15, -0.1) is 0 Å². The Kier molecular flexibility index (Phi) is 6.30. The molecule has 0 aliphatic carbocycles. The molecule has 2 aliphatic rings. The van der Waals surface area contributed by atoms with Gasteiger partial charge in [-0.1, -0.05) is 81.5 Å². The van der Waals surface area contributed by atoms with Crippen LogP contribution in [0.2, 0.25) is 0 Å². The number of anilines is 1. The summed E-state index contributed by atoms with van der Waals surface area (Å²) in [6, 6.07) is 22.8. The van der Waals surface area contributed by atoms with Gasteiger partial charge in [0, 0.05) is 20.8 Å². The highest BCUT2D eigenvalue weighted by molar-refractivity contribution is 9.10. The molecule has 6 rings (SSSR count). The van der Waals surface area contributed by atoms with Crippen molar-refractivity contribution < 1.29 is 14.3 Å². The lowest BCUT2D eigenvalue weighted by Gasteiger charge is -2.30. The molecule has 4 aromatic rings. The number of hydrogen-bond donors (Lipinski definition) is 1. The fourth-order valence-corrected chi connectivity index (χ4v) is 7.76. The Hall–Kier alpha value is -3.14. The van der Waals surface area contributed by atoms with E-state index in [9.17, 15) is 14.4 Å². The molecular weight excluding hydrogens is 572 g/mol. The van der Waals surface area contributed by atoms with Crippen LogP contribution in [0.3, 0.4) is 0 Å². The van der Waals surface area contributed by atoms with Gasteiger partial charge >= 0.3 is 4.87 Å². The third kappa shape index (κ3) is 4.24. The SMILES string of the molecule is Cc1ccccc1COc1ccccc1C1c2sc(=O)[nH]c2SC2C(=O)N(c3ccc(Br)cc3)C(=O)C21. The van der Waals surface area contributed by atoms with Crippen molar-refractivity contribution >= 4 is 56.5 Å². The third-order valence-electron chi connectivity index (χ3n) is 6.81. The van der Waals surface area contributed by atoms with Crippen molar-refractivity contribution in [1.82, 2.24) is 4.98 Å². The first-order chi connectivity index (χ1) is 17.9. The van der Waals surface area contributed by atoms with Crippen LogP contribution in [0.15, 0.2) is 87.1 Å². The van der Waals surface area contributed by atoms with E-state index >= 15 is 0 Å². The normalized spacial score (nSPS) is 20.6. The Morgan fingerprint density at radius 2 is 1.68 bits per heavy atom. The number of aryl methyl sites for hydroxylation is 1. The fraction of sp³-hybridized carbons (Fsp3) is 0.179. The van der Waals surface area contributed by atoms with Crippen LogP contribution in [0, 0.1) is 12.8 Å². The average molecular weight is 594 g/mol. The topological polar surface area (TPSA) is 79.5 Å². The van der Waals surface area contributed by atoms with E-state index < -0.39 is 17.1 Å². The van der Waals surface area contributed by atoms with Crippen molar-refractivity contribution in [3.63, 3.8) is 0 Å². The molecule has 3 heterocycles. The molecule has 3 aromatic carbocycles. The number of rotatable bonds is 5. The zero-order chi connectivity index (χ0) is 25.7. The summed E-state index contributed by atoms with van der Waals surface area (Å²) in [7, 11) is 0. The number of ether oxygens (including phenoxy) is 1. The number of H-pyrrole nitrogens is 1. The van der Waals surface area contributed by atoms with E-state index in [0.717, 1.165) is 37.4 Å². The molecule has 186 valence electrons. The molecule has 37 heavy (non-hydrogen) atoms. The summed E-state index contributed by atoms with van der Waals surface area (Å²) in [6.45, 7) is 2.41. The van der Waals surface area contributed by atoms with E-state index in [1.54, 1.807) is 12.1 Å². The van der Waals surface area contributed by atoms with E-state index in [2.05, 4.69) is 20.9 Å². The molecule has 6 nitrogen and oxygen atoms in total. The molecule has 0 spiro atoms. The number of carbonyl (C=O) groups excluding carboxylic acids is 2. The number of aromatic amines is 1. The standard InChI is InChI=1S/C28H21BrN2O4S2/c1-15-6-2-3-7-16(15)14-35-20-9-5-4-8-19(20)21-22-24(36-25-23(21)37-28(34)30-25)27(33)31(26(22)32)18-12-10-17(29)11-13-18/h2-13,21-22,24H,14H2,1H3,(H,30,34). The van der Waals surface area contributed by atoms with Crippen LogP contribution in [-0.2, 0) is 16.2 Å². The minimum absolute atomic E-state index is 0.203. The monoisotopic (exact) mass is 592 g/mol. The Morgan fingerprint density at radius 1 is 0.946 bits per heavy atom. The number of amides is 2. The van der Waals surface area contributed by atoms with Gasteiger partial charge in [0.25, 0.3) is 0 Å². The van der Waals surface area contributed by atoms with Crippen LogP contribution in [0.4, 0.5) is 5.69 Å². The number of aromatic nitrogens is 1. The number of benzene rings is 3. The number of fused-ring (bicyclic) bond motifs is 2. The van der Waals surface area contributed by atoms with Crippen molar-refractivity contribution in [2.24, 2.45) is 5.92 Å². The van der Waals surface area contributed by atoms with Gasteiger partial charge in [-0.3, -0.25) is 14.4 Å². The Labute approximate surface area is 229 Å². The fourth-order valence-electron chi connectivity index (χ4n) is 4.99. The van der Waals surface area contributed by atoms with Gasteiger partial charge in [0.15, 0.2) is 0 Å². The maximum atomic E-state index is 13.9. The van der Waals surface area contributed by atoms with Crippen LogP contribution in [-0.4, -0.2) is 22.0 Å². The summed E-state index contributed by atoms with van der Waals surface area (Å²) in [4.78, 5) is 44.7. The molecule has 2 aliphatic heterocycles. The smallest absolute Gasteiger partial charge is 0.305 e. The second-order valence-corrected chi connectivity index (χ2v) is 12.1. The Bertz CT molecular complexity index is 1580. The van der Waals surface area contributed by atoms with E-state index in [1.807, 2.05) is 67.6 Å². The molecule has 2 amide bonds. The van der Waals surface area contributed by atoms with Gasteiger partial charge in [-0.2, -0.15) is 0 Å². The van der Waals surface area contributed by atoms with Gasteiger partial charge in [0.05, 0.1) is 16.6 Å². The van der Waals surface area contributed by atoms with E-state index in [1.165, 1.54) is 16.7 Å². The van der Waals surface area contributed by atoms with E-state index in [0.29, 0.717) is 23.1 Å². The highest BCUT2D eigenvalue weighted by Gasteiger charge is 2.56. The highest BCUT2D eigenvalue weighted by Crippen LogP contribution is 2.54. The van der Waals surface area contributed by atoms with Crippen molar-refractivity contribution in [2.45, 2.75) is 29.7 Å². The van der Waals surface area contributed by atoms with Gasteiger partial charge in [-0.25, -0.2) is 4.90 Å². The zero-order valence-corrected chi connectivity index (χ0v) is 22.9.